The van der Waals surface area contributed by atoms with E-state index < -0.39 is 18.5 Å². The van der Waals surface area contributed by atoms with Crippen molar-refractivity contribution in [3.05, 3.63) is 40.3 Å². The van der Waals surface area contributed by atoms with Crippen LogP contribution < -0.4 is 5.32 Å². The topological polar surface area (TPSA) is 105 Å². The number of rotatable bonds is 6. The first-order valence-corrected chi connectivity index (χ1v) is 11.4. The number of benzene rings is 1. The van der Waals surface area contributed by atoms with Crippen molar-refractivity contribution in [3.63, 3.8) is 0 Å². The van der Waals surface area contributed by atoms with Crippen LogP contribution in [0.1, 0.15) is 35.3 Å². The Hall–Kier alpha value is -2.83. The number of amides is 1. The number of hydrogen-bond acceptors (Lipinski definition) is 8. The fraction of sp³-hybridized carbons (Fsp3) is 0.333. The molecule has 7 nitrogen and oxygen atoms in total. The molecular formula is C21H19N3O4S2. The van der Waals surface area contributed by atoms with Crippen LogP contribution in [0.3, 0.4) is 0 Å². The molecule has 0 unspecified atom stereocenters. The van der Waals surface area contributed by atoms with Crippen LogP contribution in [-0.4, -0.2) is 29.2 Å². The van der Waals surface area contributed by atoms with Crippen LogP contribution in [0.4, 0.5) is 5.00 Å². The average Bonchev–Trinajstić information content (AvgIpc) is 3.23. The molecular weight excluding hydrogens is 422 g/mol. The largest absolute Gasteiger partial charge is 0.455 e. The number of aromatic nitrogens is 1. The summed E-state index contributed by atoms with van der Waals surface area (Å²) in [6, 6.07) is 9.55. The van der Waals surface area contributed by atoms with Crippen LogP contribution in [0.5, 0.6) is 0 Å². The number of ether oxygens (including phenoxy) is 1. The lowest BCUT2D eigenvalue weighted by Gasteiger charge is -2.05. The highest BCUT2D eigenvalue weighted by molar-refractivity contribution is 7.99. The summed E-state index contributed by atoms with van der Waals surface area (Å²) in [6.45, 7) is -0.402. The zero-order valence-corrected chi connectivity index (χ0v) is 17.7. The SMILES string of the molecule is N#Cc1c(NC(=O)COC(=O)CSc2nc3ccccc3o2)sc2c1CCCCC2. The summed E-state index contributed by atoms with van der Waals surface area (Å²) < 4.78 is 10.6. The molecule has 2 aromatic heterocycles. The number of carbonyl (C=O) groups is 2. The van der Waals surface area contributed by atoms with E-state index in [4.69, 9.17) is 9.15 Å². The lowest BCUT2D eigenvalue weighted by molar-refractivity contribution is -0.144. The number of anilines is 1. The van der Waals surface area contributed by atoms with Crippen LogP contribution in [0.15, 0.2) is 33.9 Å². The fourth-order valence-corrected chi connectivity index (χ4v) is 5.23. The summed E-state index contributed by atoms with van der Waals surface area (Å²) in [4.78, 5) is 29.6. The number of aryl methyl sites for hydroxylation is 1. The Bertz CT molecular complexity index is 1100. The minimum atomic E-state index is -0.542. The van der Waals surface area contributed by atoms with E-state index in [9.17, 15) is 14.9 Å². The second-order valence-corrected chi connectivity index (χ2v) is 8.86. The van der Waals surface area contributed by atoms with E-state index in [2.05, 4.69) is 16.4 Å². The van der Waals surface area contributed by atoms with E-state index in [1.165, 1.54) is 16.2 Å². The molecule has 4 rings (SSSR count). The number of thioether (sulfide) groups is 1. The van der Waals surface area contributed by atoms with Crippen molar-refractivity contribution in [1.82, 2.24) is 4.98 Å². The number of fused-ring (bicyclic) bond motifs is 2. The molecule has 9 heteroatoms. The molecule has 3 aromatic rings. The van der Waals surface area contributed by atoms with Gasteiger partial charge in [0.2, 0.25) is 0 Å². The lowest BCUT2D eigenvalue weighted by atomic mass is 10.1. The second-order valence-electron chi connectivity index (χ2n) is 6.83. The van der Waals surface area contributed by atoms with Gasteiger partial charge in [-0.05, 0) is 43.4 Å². The number of nitrogens with one attached hydrogen (secondary N) is 1. The first-order chi connectivity index (χ1) is 14.6. The first kappa shape index (κ1) is 20.4. The van der Waals surface area contributed by atoms with Gasteiger partial charge in [-0.3, -0.25) is 9.59 Å². The zero-order valence-electron chi connectivity index (χ0n) is 16.1. The fourth-order valence-electron chi connectivity index (χ4n) is 3.33. The van der Waals surface area contributed by atoms with Crippen molar-refractivity contribution in [2.24, 2.45) is 0 Å². The third-order valence-corrected chi connectivity index (χ3v) is 6.75. The molecule has 0 aliphatic heterocycles. The Morgan fingerprint density at radius 1 is 1.27 bits per heavy atom. The van der Waals surface area contributed by atoms with Gasteiger partial charge in [0.05, 0.1) is 5.56 Å². The summed E-state index contributed by atoms with van der Waals surface area (Å²) in [5.41, 5.74) is 2.97. The predicted molar refractivity (Wildman–Crippen MR) is 115 cm³/mol. The molecule has 1 aliphatic rings. The molecule has 0 saturated heterocycles. The van der Waals surface area contributed by atoms with Crippen molar-refractivity contribution in [2.45, 2.75) is 37.3 Å². The number of thiophene rings is 1. The van der Waals surface area contributed by atoms with E-state index in [1.807, 2.05) is 18.2 Å². The second kappa shape index (κ2) is 9.32. The highest BCUT2D eigenvalue weighted by atomic mass is 32.2. The van der Waals surface area contributed by atoms with Crippen LogP contribution in [0, 0.1) is 11.3 Å². The van der Waals surface area contributed by atoms with Crippen molar-refractivity contribution < 1.29 is 18.7 Å². The third kappa shape index (κ3) is 4.66. The molecule has 30 heavy (non-hydrogen) atoms. The summed E-state index contributed by atoms with van der Waals surface area (Å²) in [7, 11) is 0. The minimum absolute atomic E-state index is 0.0170. The summed E-state index contributed by atoms with van der Waals surface area (Å²) in [5.74, 6) is -1.01. The van der Waals surface area contributed by atoms with Gasteiger partial charge in [0, 0.05) is 4.88 Å². The van der Waals surface area contributed by atoms with Gasteiger partial charge in [0.25, 0.3) is 11.1 Å². The van der Waals surface area contributed by atoms with Crippen molar-refractivity contribution in [3.8, 4) is 6.07 Å². The highest BCUT2D eigenvalue weighted by Crippen LogP contribution is 2.36. The summed E-state index contributed by atoms with van der Waals surface area (Å²) in [5, 5.41) is 13.2. The Morgan fingerprint density at radius 3 is 2.93 bits per heavy atom. The molecule has 154 valence electrons. The van der Waals surface area contributed by atoms with E-state index in [1.54, 1.807) is 6.07 Å². The van der Waals surface area contributed by atoms with Gasteiger partial charge in [0.15, 0.2) is 12.2 Å². The van der Waals surface area contributed by atoms with Crippen molar-refractivity contribution in [2.75, 3.05) is 17.7 Å². The van der Waals surface area contributed by atoms with Crippen molar-refractivity contribution in [1.29, 1.82) is 5.26 Å². The predicted octanol–water partition coefficient (Wildman–Crippen LogP) is 4.30. The summed E-state index contributed by atoms with van der Waals surface area (Å²) >= 11 is 2.56. The number of nitrogens with zero attached hydrogens (tertiary/aromatic N) is 2. The van der Waals surface area contributed by atoms with Gasteiger partial charge in [-0.1, -0.05) is 30.3 Å². The van der Waals surface area contributed by atoms with Gasteiger partial charge in [-0.25, -0.2) is 4.98 Å². The number of hydrogen-bond donors (Lipinski definition) is 1. The van der Waals surface area contributed by atoms with E-state index in [0.29, 0.717) is 21.4 Å². The molecule has 0 saturated carbocycles. The maximum atomic E-state index is 12.2. The van der Waals surface area contributed by atoms with E-state index in [0.717, 1.165) is 54.9 Å². The van der Waals surface area contributed by atoms with Gasteiger partial charge in [0.1, 0.15) is 22.3 Å². The zero-order chi connectivity index (χ0) is 20.9. The molecule has 0 atom stereocenters. The van der Waals surface area contributed by atoms with Crippen LogP contribution in [-0.2, 0) is 27.2 Å². The lowest BCUT2D eigenvalue weighted by Crippen LogP contribution is -2.21. The first-order valence-electron chi connectivity index (χ1n) is 9.62. The Labute approximate surface area is 181 Å². The molecule has 1 aromatic carbocycles. The van der Waals surface area contributed by atoms with Gasteiger partial charge in [-0.2, -0.15) is 5.26 Å². The monoisotopic (exact) mass is 441 g/mol. The van der Waals surface area contributed by atoms with Crippen LogP contribution in [0.25, 0.3) is 11.1 Å². The number of nitriles is 1. The van der Waals surface area contributed by atoms with Gasteiger partial charge >= 0.3 is 5.97 Å². The maximum Gasteiger partial charge on any atom is 0.316 e. The Balaban J connectivity index is 1.28. The number of carbonyl (C=O) groups excluding carboxylic acids is 2. The Morgan fingerprint density at radius 2 is 2.10 bits per heavy atom. The van der Waals surface area contributed by atoms with Gasteiger partial charge < -0.3 is 14.5 Å². The molecule has 0 radical (unpaired) electrons. The van der Waals surface area contributed by atoms with E-state index in [-0.39, 0.29) is 5.75 Å². The standard InChI is InChI=1S/C21H19N3O4S2/c22-10-14-13-6-2-1-3-9-17(13)30-20(14)24-18(25)11-27-19(26)12-29-21-23-15-7-4-5-8-16(15)28-21/h4-5,7-8H,1-3,6,9,11-12H2,(H,24,25). The normalized spacial score (nSPS) is 13.3. The molecule has 1 amide bonds. The highest BCUT2D eigenvalue weighted by Gasteiger charge is 2.21. The average molecular weight is 442 g/mol. The summed E-state index contributed by atoms with van der Waals surface area (Å²) in [6.07, 6.45) is 5.12. The molecule has 0 spiro atoms. The number of para-hydroxylation sites is 2. The third-order valence-electron chi connectivity index (χ3n) is 4.74. The van der Waals surface area contributed by atoms with Crippen LogP contribution in [0.2, 0.25) is 0 Å². The van der Waals surface area contributed by atoms with Crippen molar-refractivity contribution >= 4 is 51.1 Å². The Kier molecular flexibility index (Phi) is 6.35. The minimum Gasteiger partial charge on any atom is -0.455 e. The maximum absolute atomic E-state index is 12.2. The van der Waals surface area contributed by atoms with E-state index >= 15 is 0 Å². The molecule has 1 N–H and O–H groups in total. The number of oxazole rings is 1. The molecule has 0 fully saturated rings. The molecule has 2 heterocycles. The quantitative estimate of drug-likeness (QED) is 0.345. The number of esters is 1. The molecule has 0 bridgehead atoms. The van der Waals surface area contributed by atoms with Crippen LogP contribution >= 0.6 is 23.1 Å². The molecule has 1 aliphatic carbocycles. The van der Waals surface area contributed by atoms with Gasteiger partial charge in [-0.15, -0.1) is 11.3 Å². The smallest absolute Gasteiger partial charge is 0.316 e.